The third-order valence-corrected chi connectivity index (χ3v) is 5.69. The summed E-state index contributed by atoms with van der Waals surface area (Å²) < 4.78 is 1.19. The van der Waals surface area contributed by atoms with Crippen molar-refractivity contribution in [2.45, 2.75) is 38.6 Å². The molecule has 2 bridgehead atoms. The third kappa shape index (κ3) is 2.06. The van der Waals surface area contributed by atoms with E-state index in [4.69, 9.17) is 5.73 Å². The fraction of sp³-hybridized carbons (Fsp3) is 0.600. The van der Waals surface area contributed by atoms with E-state index in [1.54, 1.807) is 0 Å². The Morgan fingerprint density at radius 3 is 2.71 bits per heavy atom. The molecule has 2 aliphatic rings. The zero-order chi connectivity index (χ0) is 12.0. The van der Waals surface area contributed by atoms with E-state index in [2.05, 4.69) is 41.1 Å². The Labute approximate surface area is 112 Å². The number of fused-ring (bicyclic) bond motifs is 2. The molecule has 2 aliphatic carbocycles. The van der Waals surface area contributed by atoms with Gasteiger partial charge in [0.25, 0.3) is 0 Å². The molecule has 2 N–H and O–H groups in total. The van der Waals surface area contributed by atoms with E-state index in [1.807, 2.05) is 0 Å². The molecule has 4 atom stereocenters. The monoisotopic (exact) mass is 293 g/mol. The Morgan fingerprint density at radius 1 is 1.29 bits per heavy atom. The summed E-state index contributed by atoms with van der Waals surface area (Å²) in [5, 5.41) is 0. The van der Waals surface area contributed by atoms with Gasteiger partial charge in [0.05, 0.1) is 0 Å². The van der Waals surface area contributed by atoms with Crippen molar-refractivity contribution in [3.8, 4) is 0 Å². The van der Waals surface area contributed by atoms with Crippen LogP contribution in [0.4, 0.5) is 0 Å². The average molecular weight is 294 g/mol. The number of halogens is 1. The maximum Gasteiger partial charge on any atom is 0.0326 e. The smallest absolute Gasteiger partial charge is 0.0326 e. The van der Waals surface area contributed by atoms with E-state index < -0.39 is 0 Å². The molecule has 4 unspecified atom stereocenters. The van der Waals surface area contributed by atoms with Crippen LogP contribution in [-0.4, -0.2) is 0 Å². The molecule has 1 aromatic carbocycles. The third-order valence-electron chi connectivity index (χ3n) is 4.83. The molecular formula is C15H20BrN. The van der Waals surface area contributed by atoms with Crippen LogP contribution in [0.2, 0.25) is 0 Å². The van der Waals surface area contributed by atoms with E-state index in [0.29, 0.717) is 0 Å². The van der Waals surface area contributed by atoms with Crippen molar-refractivity contribution < 1.29 is 0 Å². The molecule has 0 radical (unpaired) electrons. The molecule has 2 fully saturated rings. The Hall–Kier alpha value is -0.340. The summed E-state index contributed by atoms with van der Waals surface area (Å²) in [7, 11) is 0. The predicted octanol–water partition coefficient (Wildman–Crippen LogP) is 4.19. The van der Waals surface area contributed by atoms with Gasteiger partial charge in [0.2, 0.25) is 0 Å². The lowest BCUT2D eigenvalue weighted by molar-refractivity contribution is 0.284. The van der Waals surface area contributed by atoms with Crippen molar-refractivity contribution >= 4 is 15.9 Å². The van der Waals surface area contributed by atoms with Crippen LogP contribution in [0.3, 0.4) is 0 Å². The second-order valence-corrected chi connectivity index (χ2v) is 6.73. The Kier molecular flexibility index (Phi) is 3.04. The molecule has 92 valence electrons. The molecule has 0 aromatic heterocycles. The average Bonchev–Trinajstić information content (AvgIpc) is 2.93. The molecule has 0 spiro atoms. The molecular weight excluding hydrogens is 274 g/mol. The maximum absolute atomic E-state index is 6.48. The van der Waals surface area contributed by atoms with Crippen LogP contribution < -0.4 is 5.73 Å². The van der Waals surface area contributed by atoms with E-state index in [0.717, 1.165) is 17.8 Å². The van der Waals surface area contributed by atoms with Crippen LogP contribution in [0, 0.1) is 24.7 Å². The van der Waals surface area contributed by atoms with Gasteiger partial charge in [0, 0.05) is 10.5 Å². The van der Waals surface area contributed by atoms with Crippen LogP contribution in [0.25, 0.3) is 0 Å². The normalized spacial score (nSPS) is 33.0. The maximum atomic E-state index is 6.48. The Balaban J connectivity index is 1.81. The predicted molar refractivity (Wildman–Crippen MR) is 74.7 cm³/mol. The van der Waals surface area contributed by atoms with Crippen molar-refractivity contribution in [2.24, 2.45) is 23.5 Å². The number of nitrogens with two attached hydrogens (primary N) is 1. The van der Waals surface area contributed by atoms with E-state index in [1.165, 1.54) is 41.3 Å². The van der Waals surface area contributed by atoms with Crippen molar-refractivity contribution in [3.63, 3.8) is 0 Å². The van der Waals surface area contributed by atoms with Gasteiger partial charge in [-0.3, -0.25) is 0 Å². The van der Waals surface area contributed by atoms with E-state index in [9.17, 15) is 0 Å². The quantitative estimate of drug-likeness (QED) is 0.869. The summed E-state index contributed by atoms with van der Waals surface area (Å²) in [5.41, 5.74) is 9.08. The van der Waals surface area contributed by atoms with Crippen molar-refractivity contribution in [1.29, 1.82) is 0 Å². The minimum atomic E-state index is 0.238. The highest BCUT2D eigenvalue weighted by Gasteiger charge is 2.42. The molecule has 0 aliphatic heterocycles. The standard InChI is InChI=1S/C15H20BrN/c1-9-2-4-12(8-14(9)16)15(17)13-7-10-3-5-11(13)6-10/h2,4,8,10-11,13,15H,3,5-7,17H2,1H3. The summed E-state index contributed by atoms with van der Waals surface area (Å²) in [4.78, 5) is 0. The molecule has 0 heterocycles. The minimum Gasteiger partial charge on any atom is -0.324 e. The first kappa shape index (κ1) is 11.7. The van der Waals surface area contributed by atoms with E-state index in [-0.39, 0.29) is 6.04 Å². The fourth-order valence-corrected chi connectivity index (χ4v) is 4.19. The van der Waals surface area contributed by atoms with Crippen molar-refractivity contribution in [3.05, 3.63) is 33.8 Å². The summed E-state index contributed by atoms with van der Waals surface area (Å²) in [6, 6.07) is 6.83. The number of aryl methyl sites for hydroxylation is 1. The molecule has 2 heteroatoms. The molecule has 17 heavy (non-hydrogen) atoms. The molecule has 1 aromatic rings. The number of hydrogen-bond acceptors (Lipinski definition) is 1. The lowest BCUT2D eigenvalue weighted by Crippen LogP contribution is -2.25. The van der Waals surface area contributed by atoms with Gasteiger partial charge in [0.1, 0.15) is 0 Å². The number of rotatable bonds is 2. The fourth-order valence-electron chi connectivity index (χ4n) is 3.80. The van der Waals surface area contributed by atoms with Gasteiger partial charge in [-0.25, -0.2) is 0 Å². The minimum absolute atomic E-state index is 0.238. The summed E-state index contributed by atoms with van der Waals surface area (Å²) >= 11 is 3.61. The van der Waals surface area contributed by atoms with Gasteiger partial charge in [-0.2, -0.15) is 0 Å². The summed E-state index contributed by atoms with van der Waals surface area (Å²) in [6.07, 6.45) is 5.66. The summed E-state index contributed by atoms with van der Waals surface area (Å²) in [6.45, 7) is 2.12. The van der Waals surface area contributed by atoms with Crippen molar-refractivity contribution in [2.75, 3.05) is 0 Å². The number of benzene rings is 1. The molecule has 3 rings (SSSR count). The van der Waals surface area contributed by atoms with Crippen LogP contribution in [-0.2, 0) is 0 Å². The van der Waals surface area contributed by atoms with Crippen LogP contribution in [0.15, 0.2) is 22.7 Å². The van der Waals surface area contributed by atoms with Gasteiger partial charge in [0.15, 0.2) is 0 Å². The molecule has 0 saturated heterocycles. The number of hydrogen-bond donors (Lipinski definition) is 1. The zero-order valence-corrected chi connectivity index (χ0v) is 11.9. The molecule has 1 nitrogen and oxygen atoms in total. The first-order valence-electron chi connectivity index (χ1n) is 6.67. The van der Waals surface area contributed by atoms with Crippen LogP contribution in [0.1, 0.15) is 42.9 Å². The second kappa shape index (κ2) is 4.40. The van der Waals surface area contributed by atoms with Gasteiger partial charge in [-0.05, 0) is 61.1 Å². The van der Waals surface area contributed by atoms with Crippen LogP contribution in [0.5, 0.6) is 0 Å². The van der Waals surface area contributed by atoms with Gasteiger partial charge in [-0.1, -0.05) is 34.5 Å². The second-order valence-electron chi connectivity index (χ2n) is 5.87. The van der Waals surface area contributed by atoms with E-state index >= 15 is 0 Å². The highest BCUT2D eigenvalue weighted by atomic mass is 79.9. The van der Waals surface area contributed by atoms with Gasteiger partial charge in [-0.15, -0.1) is 0 Å². The molecule has 2 saturated carbocycles. The largest absolute Gasteiger partial charge is 0.324 e. The first-order valence-corrected chi connectivity index (χ1v) is 7.46. The highest BCUT2D eigenvalue weighted by molar-refractivity contribution is 9.10. The highest BCUT2D eigenvalue weighted by Crippen LogP contribution is 2.52. The van der Waals surface area contributed by atoms with Gasteiger partial charge >= 0.3 is 0 Å². The Bertz CT molecular complexity index is 429. The molecule has 0 amide bonds. The lowest BCUT2D eigenvalue weighted by atomic mass is 9.81. The Morgan fingerprint density at radius 2 is 2.12 bits per heavy atom. The topological polar surface area (TPSA) is 26.0 Å². The van der Waals surface area contributed by atoms with Gasteiger partial charge < -0.3 is 5.73 Å². The van der Waals surface area contributed by atoms with Crippen molar-refractivity contribution in [1.82, 2.24) is 0 Å². The van der Waals surface area contributed by atoms with Crippen LogP contribution >= 0.6 is 15.9 Å². The summed E-state index contributed by atoms with van der Waals surface area (Å²) in [5.74, 6) is 2.60. The SMILES string of the molecule is Cc1ccc(C(N)C2CC3CCC2C3)cc1Br. The zero-order valence-electron chi connectivity index (χ0n) is 10.3. The first-order chi connectivity index (χ1) is 8.15. The lowest BCUT2D eigenvalue weighted by Gasteiger charge is -2.28.